The highest BCUT2D eigenvalue weighted by molar-refractivity contribution is 7.78. The number of esters is 1. The lowest BCUT2D eigenvalue weighted by Crippen LogP contribution is -2.29. The van der Waals surface area contributed by atoms with E-state index in [0.29, 0.717) is 0 Å². The predicted octanol–water partition coefficient (Wildman–Crippen LogP) is 4.68. The molecule has 2 aromatic carbocycles. The minimum Gasteiger partial charge on any atom is -0.458 e. The van der Waals surface area contributed by atoms with Crippen molar-refractivity contribution in [3.8, 4) is 0 Å². The normalized spacial score (nSPS) is 12.4. The van der Waals surface area contributed by atoms with E-state index in [1.54, 1.807) is 0 Å². The van der Waals surface area contributed by atoms with Crippen LogP contribution < -0.4 is 10.6 Å². The quantitative estimate of drug-likeness (QED) is 0.366. The first-order chi connectivity index (χ1) is 12.5. The molecule has 0 saturated carbocycles. The Morgan fingerprint density at radius 1 is 1.04 bits per heavy atom. The SMILES string of the molecule is C=C(CCCC)C(CP(=O)(c1ccccc1)c1ccccc1)OC(C)=O. The van der Waals surface area contributed by atoms with Gasteiger partial charge in [0.05, 0.1) is 6.16 Å². The Kier molecular flexibility index (Phi) is 7.41. The van der Waals surface area contributed by atoms with Gasteiger partial charge in [-0.1, -0.05) is 80.6 Å². The first-order valence-corrected chi connectivity index (χ1v) is 10.9. The first kappa shape index (κ1) is 20.2. The third-order valence-electron chi connectivity index (χ3n) is 4.38. The number of rotatable bonds is 9. The monoisotopic (exact) mass is 370 g/mol. The summed E-state index contributed by atoms with van der Waals surface area (Å²) in [4.78, 5) is 11.6. The van der Waals surface area contributed by atoms with Crippen LogP contribution in [0.3, 0.4) is 0 Å². The standard InChI is InChI=1S/C22H27O3P/c1-4-5-12-18(2)22(25-19(3)23)17-26(24,20-13-8-6-9-14-20)21-15-10-7-11-16-21/h6-11,13-16,22H,2,4-5,12,17H2,1,3H3. The van der Waals surface area contributed by atoms with Crippen molar-refractivity contribution in [1.82, 2.24) is 0 Å². The average molecular weight is 370 g/mol. The van der Waals surface area contributed by atoms with E-state index >= 15 is 0 Å². The average Bonchev–Trinajstić information content (AvgIpc) is 2.66. The predicted molar refractivity (Wildman–Crippen MR) is 109 cm³/mol. The van der Waals surface area contributed by atoms with Crippen LogP contribution in [0.2, 0.25) is 0 Å². The third kappa shape index (κ3) is 5.19. The number of hydrogen-bond acceptors (Lipinski definition) is 3. The van der Waals surface area contributed by atoms with Crippen LogP contribution in [0.5, 0.6) is 0 Å². The molecule has 138 valence electrons. The van der Waals surface area contributed by atoms with Crippen LogP contribution in [0.4, 0.5) is 0 Å². The van der Waals surface area contributed by atoms with Gasteiger partial charge in [-0.15, -0.1) is 0 Å². The molecule has 0 amide bonds. The molecule has 4 heteroatoms. The topological polar surface area (TPSA) is 43.4 Å². The van der Waals surface area contributed by atoms with Gasteiger partial charge in [-0.25, -0.2) is 0 Å². The fourth-order valence-electron chi connectivity index (χ4n) is 2.95. The first-order valence-electron chi connectivity index (χ1n) is 9.02. The van der Waals surface area contributed by atoms with E-state index in [0.717, 1.165) is 35.4 Å². The van der Waals surface area contributed by atoms with E-state index < -0.39 is 13.2 Å². The van der Waals surface area contributed by atoms with Crippen molar-refractivity contribution in [1.29, 1.82) is 0 Å². The molecular weight excluding hydrogens is 343 g/mol. The van der Waals surface area contributed by atoms with Gasteiger partial charge in [0.25, 0.3) is 0 Å². The number of hydrogen-bond donors (Lipinski definition) is 0. The van der Waals surface area contributed by atoms with Crippen LogP contribution >= 0.6 is 7.14 Å². The molecule has 0 aliphatic carbocycles. The number of carbonyl (C=O) groups excluding carboxylic acids is 1. The second-order valence-electron chi connectivity index (χ2n) is 6.45. The van der Waals surface area contributed by atoms with Crippen molar-refractivity contribution < 1.29 is 14.1 Å². The van der Waals surface area contributed by atoms with Gasteiger partial charge in [-0.3, -0.25) is 4.79 Å². The van der Waals surface area contributed by atoms with E-state index in [4.69, 9.17) is 4.74 Å². The molecule has 3 nitrogen and oxygen atoms in total. The van der Waals surface area contributed by atoms with E-state index in [1.807, 2.05) is 60.7 Å². The lowest BCUT2D eigenvalue weighted by atomic mass is 10.1. The third-order valence-corrected chi connectivity index (χ3v) is 7.49. The lowest BCUT2D eigenvalue weighted by Gasteiger charge is -2.26. The highest BCUT2D eigenvalue weighted by Gasteiger charge is 2.33. The Morgan fingerprint density at radius 2 is 1.54 bits per heavy atom. The molecule has 1 unspecified atom stereocenters. The summed E-state index contributed by atoms with van der Waals surface area (Å²) in [6.07, 6.45) is 2.45. The van der Waals surface area contributed by atoms with Crippen molar-refractivity contribution in [3.05, 3.63) is 72.8 Å². The van der Waals surface area contributed by atoms with Crippen molar-refractivity contribution in [2.24, 2.45) is 0 Å². The zero-order valence-corrected chi connectivity index (χ0v) is 16.5. The van der Waals surface area contributed by atoms with Crippen molar-refractivity contribution in [3.63, 3.8) is 0 Å². The molecule has 0 fully saturated rings. The summed E-state index contributed by atoms with van der Waals surface area (Å²) in [5, 5.41) is 1.54. The van der Waals surface area contributed by atoms with Crippen LogP contribution in [-0.2, 0) is 14.1 Å². The van der Waals surface area contributed by atoms with Crippen molar-refractivity contribution in [2.45, 2.75) is 39.2 Å². The fraction of sp³-hybridized carbons (Fsp3) is 0.318. The number of carbonyl (C=O) groups is 1. The molecule has 26 heavy (non-hydrogen) atoms. The van der Waals surface area contributed by atoms with Gasteiger partial charge in [-0.05, 0) is 18.4 Å². The Hall–Kier alpha value is -2.12. The molecule has 0 aliphatic rings. The van der Waals surface area contributed by atoms with Gasteiger partial charge in [0.2, 0.25) is 0 Å². The molecule has 0 N–H and O–H groups in total. The Morgan fingerprint density at radius 3 is 1.96 bits per heavy atom. The molecule has 0 aromatic heterocycles. The zero-order valence-electron chi connectivity index (χ0n) is 15.6. The largest absolute Gasteiger partial charge is 0.458 e. The van der Waals surface area contributed by atoms with E-state index in [-0.39, 0.29) is 12.1 Å². The maximum Gasteiger partial charge on any atom is 0.303 e. The van der Waals surface area contributed by atoms with Gasteiger partial charge in [-0.2, -0.15) is 0 Å². The van der Waals surface area contributed by atoms with Gasteiger partial charge >= 0.3 is 5.97 Å². The van der Waals surface area contributed by atoms with Crippen LogP contribution in [-0.4, -0.2) is 18.2 Å². The second kappa shape index (κ2) is 9.54. The van der Waals surface area contributed by atoms with E-state index in [1.165, 1.54) is 6.92 Å². The molecule has 0 radical (unpaired) electrons. The van der Waals surface area contributed by atoms with Gasteiger partial charge in [0.1, 0.15) is 13.2 Å². The molecule has 0 heterocycles. The van der Waals surface area contributed by atoms with Crippen molar-refractivity contribution >= 4 is 23.7 Å². The molecule has 2 aromatic rings. The molecule has 0 bridgehead atoms. The highest BCUT2D eigenvalue weighted by Crippen LogP contribution is 2.45. The van der Waals surface area contributed by atoms with E-state index in [2.05, 4.69) is 13.5 Å². The fourth-order valence-corrected chi connectivity index (χ4v) is 5.77. The Labute approximate surface area is 156 Å². The van der Waals surface area contributed by atoms with Crippen LogP contribution in [0, 0.1) is 0 Å². The molecule has 0 spiro atoms. The van der Waals surface area contributed by atoms with Crippen LogP contribution in [0.1, 0.15) is 33.1 Å². The maximum absolute atomic E-state index is 14.2. The summed E-state index contributed by atoms with van der Waals surface area (Å²) in [6.45, 7) is 7.61. The Bertz CT molecular complexity index is 725. The number of ether oxygens (including phenoxy) is 1. The highest BCUT2D eigenvalue weighted by atomic mass is 31.2. The zero-order chi connectivity index (χ0) is 19.0. The minimum atomic E-state index is -2.96. The second-order valence-corrected chi connectivity index (χ2v) is 9.33. The summed E-state index contributed by atoms with van der Waals surface area (Å²) in [7, 11) is -2.96. The molecule has 0 saturated heterocycles. The molecule has 1 atom stereocenters. The molecule has 2 rings (SSSR count). The summed E-state index contributed by atoms with van der Waals surface area (Å²) in [6, 6.07) is 18.9. The molecule has 0 aliphatic heterocycles. The molecular formula is C22H27O3P. The van der Waals surface area contributed by atoms with Crippen molar-refractivity contribution in [2.75, 3.05) is 6.16 Å². The van der Waals surface area contributed by atoms with Gasteiger partial charge in [0.15, 0.2) is 0 Å². The number of benzene rings is 2. The van der Waals surface area contributed by atoms with Crippen LogP contribution in [0.15, 0.2) is 72.8 Å². The smallest absolute Gasteiger partial charge is 0.303 e. The Balaban J connectivity index is 2.42. The number of unbranched alkanes of at least 4 members (excludes halogenated alkanes) is 1. The lowest BCUT2D eigenvalue weighted by molar-refractivity contribution is -0.143. The van der Waals surface area contributed by atoms with E-state index in [9.17, 15) is 9.36 Å². The summed E-state index contributed by atoms with van der Waals surface area (Å²) >= 11 is 0. The summed E-state index contributed by atoms with van der Waals surface area (Å²) in [5.74, 6) is -0.375. The minimum absolute atomic E-state index is 0.239. The maximum atomic E-state index is 14.2. The summed E-state index contributed by atoms with van der Waals surface area (Å²) in [5.41, 5.74) is 0.828. The summed E-state index contributed by atoms with van der Waals surface area (Å²) < 4.78 is 19.7. The van der Waals surface area contributed by atoms with Gasteiger partial charge in [0, 0.05) is 17.5 Å². The van der Waals surface area contributed by atoms with Crippen LogP contribution in [0.25, 0.3) is 0 Å². The van der Waals surface area contributed by atoms with Gasteiger partial charge < -0.3 is 9.30 Å².